The van der Waals surface area contributed by atoms with Gasteiger partial charge in [-0.25, -0.2) is 4.52 Å². The topological polar surface area (TPSA) is 76.8 Å². The molecule has 0 aliphatic heterocycles. The van der Waals surface area contributed by atoms with Gasteiger partial charge in [0.1, 0.15) is 11.4 Å². The predicted molar refractivity (Wildman–Crippen MR) is 130 cm³/mol. The number of carbonyl (C=O) groups excluding carboxylic acids is 1. The van der Waals surface area contributed by atoms with Crippen molar-refractivity contribution in [2.45, 2.75) is 27.2 Å². The Bertz CT molecular complexity index is 1330. The highest BCUT2D eigenvalue weighted by atomic mass is 32.1. The first-order chi connectivity index (χ1) is 16.0. The molecular formula is C25H26N4O3S. The quantitative estimate of drug-likeness (QED) is 0.396. The minimum atomic E-state index is -0.301. The molecule has 0 fully saturated rings. The molecule has 33 heavy (non-hydrogen) atoms. The van der Waals surface area contributed by atoms with Crippen LogP contribution in [0.2, 0.25) is 0 Å². The number of thiazole rings is 1. The van der Waals surface area contributed by atoms with Crippen LogP contribution in [-0.2, 0) is 11.2 Å². The van der Waals surface area contributed by atoms with Crippen molar-refractivity contribution >= 4 is 22.2 Å². The maximum Gasteiger partial charge on any atom is 0.296 e. The number of likely N-dealkylation sites (N-methyl/N-ethyl adjacent to an activating group) is 1. The first-order valence-electron chi connectivity index (χ1n) is 10.9. The molecule has 2 aromatic heterocycles. The van der Waals surface area contributed by atoms with Gasteiger partial charge in [-0.2, -0.15) is 10.1 Å². The van der Waals surface area contributed by atoms with Crippen LogP contribution in [0.3, 0.4) is 0 Å². The SMILES string of the molecule is CCN(CC)C(=O)COc1ccc(-c2csc3nc(=O)c(Cc4ccccc4)nn23)cc1C. The summed E-state index contributed by atoms with van der Waals surface area (Å²) in [5.74, 6) is 0.638. The molecule has 0 aliphatic carbocycles. The summed E-state index contributed by atoms with van der Waals surface area (Å²) in [6.07, 6.45) is 0.428. The molecule has 170 valence electrons. The Morgan fingerprint density at radius 2 is 1.88 bits per heavy atom. The molecule has 0 saturated carbocycles. The van der Waals surface area contributed by atoms with Crippen LogP contribution in [-0.4, -0.2) is 45.1 Å². The zero-order chi connectivity index (χ0) is 23.4. The lowest BCUT2D eigenvalue weighted by molar-refractivity contribution is -0.132. The average molecular weight is 463 g/mol. The monoisotopic (exact) mass is 462 g/mol. The maximum absolute atomic E-state index is 12.5. The number of benzene rings is 2. The number of aryl methyl sites for hydroxylation is 1. The molecule has 4 rings (SSSR count). The first kappa shape index (κ1) is 22.7. The fourth-order valence-corrected chi connectivity index (χ4v) is 4.49. The third-order valence-corrected chi connectivity index (χ3v) is 6.32. The van der Waals surface area contributed by atoms with Crippen LogP contribution in [0, 0.1) is 6.92 Å². The van der Waals surface area contributed by atoms with Gasteiger partial charge in [-0.05, 0) is 50.1 Å². The number of amides is 1. The highest BCUT2D eigenvalue weighted by Crippen LogP contribution is 2.28. The van der Waals surface area contributed by atoms with Crippen LogP contribution in [0.25, 0.3) is 16.2 Å². The molecule has 2 aromatic carbocycles. The average Bonchev–Trinajstić information content (AvgIpc) is 3.22. The number of hydrogen-bond acceptors (Lipinski definition) is 6. The minimum absolute atomic E-state index is 0.0125. The highest BCUT2D eigenvalue weighted by molar-refractivity contribution is 7.15. The lowest BCUT2D eigenvalue weighted by atomic mass is 10.1. The summed E-state index contributed by atoms with van der Waals surface area (Å²) >= 11 is 1.38. The van der Waals surface area contributed by atoms with E-state index in [0.717, 1.165) is 22.4 Å². The Morgan fingerprint density at radius 3 is 2.58 bits per heavy atom. The molecule has 0 unspecified atom stereocenters. The molecule has 0 N–H and O–H groups in total. The molecule has 1 amide bonds. The van der Waals surface area contributed by atoms with Crippen molar-refractivity contribution in [3.63, 3.8) is 0 Å². The Labute approximate surface area is 196 Å². The second kappa shape index (κ2) is 9.95. The van der Waals surface area contributed by atoms with Gasteiger partial charge in [-0.1, -0.05) is 30.3 Å². The predicted octanol–water partition coefficient (Wildman–Crippen LogP) is 3.96. The maximum atomic E-state index is 12.5. The summed E-state index contributed by atoms with van der Waals surface area (Å²) in [5.41, 5.74) is 3.82. The molecule has 4 aromatic rings. The van der Waals surface area contributed by atoms with Crippen molar-refractivity contribution in [3.8, 4) is 17.0 Å². The third-order valence-electron chi connectivity index (χ3n) is 5.50. The van der Waals surface area contributed by atoms with Gasteiger partial charge in [0.15, 0.2) is 6.61 Å². The van der Waals surface area contributed by atoms with Crippen molar-refractivity contribution in [2.24, 2.45) is 0 Å². The highest BCUT2D eigenvalue weighted by Gasteiger charge is 2.15. The Balaban J connectivity index is 1.60. The van der Waals surface area contributed by atoms with Crippen molar-refractivity contribution in [2.75, 3.05) is 19.7 Å². The molecule has 0 aliphatic rings. The van der Waals surface area contributed by atoms with Crippen molar-refractivity contribution in [1.29, 1.82) is 0 Å². The standard InChI is InChI=1S/C25H26N4O3S/c1-4-28(5-2)23(30)15-32-22-12-11-19(13-17(22)3)21-16-33-25-26-24(31)20(27-29(21)25)14-18-9-7-6-8-10-18/h6-13,16H,4-5,14-15H2,1-3H3. The van der Waals surface area contributed by atoms with Gasteiger partial charge in [0.05, 0.1) is 5.69 Å². The molecule has 7 nitrogen and oxygen atoms in total. The number of aromatic nitrogens is 3. The summed E-state index contributed by atoms with van der Waals surface area (Å²) < 4.78 is 7.51. The Morgan fingerprint density at radius 1 is 1.12 bits per heavy atom. The number of rotatable bonds is 8. The summed E-state index contributed by atoms with van der Waals surface area (Å²) in [7, 11) is 0. The van der Waals surface area contributed by atoms with Gasteiger partial charge in [-0.15, -0.1) is 11.3 Å². The zero-order valence-corrected chi connectivity index (χ0v) is 19.8. The lowest BCUT2D eigenvalue weighted by Crippen LogP contribution is -2.34. The summed E-state index contributed by atoms with van der Waals surface area (Å²) in [6.45, 7) is 7.19. The van der Waals surface area contributed by atoms with E-state index in [9.17, 15) is 9.59 Å². The van der Waals surface area contributed by atoms with E-state index < -0.39 is 0 Å². The van der Waals surface area contributed by atoms with Crippen molar-refractivity contribution in [3.05, 3.63) is 81.1 Å². The Kier molecular flexibility index (Phi) is 6.84. The second-order valence-corrected chi connectivity index (χ2v) is 8.51. The minimum Gasteiger partial charge on any atom is -0.483 e. The van der Waals surface area contributed by atoms with Gasteiger partial charge >= 0.3 is 0 Å². The first-order valence-corrected chi connectivity index (χ1v) is 11.8. The largest absolute Gasteiger partial charge is 0.483 e. The Hall–Kier alpha value is -3.52. The van der Waals surface area contributed by atoms with E-state index in [-0.39, 0.29) is 18.1 Å². The van der Waals surface area contributed by atoms with Gasteiger partial charge in [0.25, 0.3) is 11.5 Å². The van der Waals surface area contributed by atoms with Crippen LogP contribution in [0.4, 0.5) is 0 Å². The van der Waals surface area contributed by atoms with E-state index in [1.807, 2.05) is 74.7 Å². The summed E-state index contributed by atoms with van der Waals surface area (Å²) in [4.78, 5) is 31.2. The van der Waals surface area contributed by atoms with E-state index in [1.165, 1.54) is 11.3 Å². The molecule has 2 heterocycles. The van der Waals surface area contributed by atoms with Crippen LogP contribution in [0.1, 0.15) is 30.7 Å². The molecule has 0 radical (unpaired) electrons. The summed E-state index contributed by atoms with van der Waals surface area (Å²) in [6, 6.07) is 15.6. The second-order valence-electron chi connectivity index (χ2n) is 7.68. The fraction of sp³-hybridized carbons (Fsp3) is 0.280. The van der Waals surface area contributed by atoms with E-state index in [1.54, 1.807) is 9.42 Å². The number of fused-ring (bicyclic) bond motifs is 1. The zero-order valence-electron chi connectivity index (χ0n) is 18.9. The number of nitrogens with zero attached hydrogens (tertiary/aromatic N) is 4. The van der Waals surface area contributed by atoms with Crippen LogP contribution >= 0.6 is 11.3 Å². The van der Waals surface area contributed by atoms with Gasteiger partial charge in [-0.3, -0.25) is 9.59 Å². The van der Waals surface area contributed by atoms with Crippen molar-refractivity contribution in [1.82, 2.24) is 19.5 Å². The van der Waals surface area contributed by atoms with Crippen LogP contribution in [0.15, 0.2) is 58.7 Å². The number of carbonyl (C=O) groups is 1. The molecular weight excluding hydrogens is 436 g/mol. The normalized spacial score (nSPS) is 11.0. The third kappa shape index (κ3) is 4.96. The fourth-order valence-electron chi connectivity index (χ4n) is 3.66. The van der Waals surface area contributed by atoms with Crippen molar-refractivity contribution < 1.29 is 9.53 Å². The van der Waals surface area contributed by atoms with Crippen LogP contribution < -0.4 is 10.3 Å². The van der Waals surface area contributed by atoms with E-state index >= 15 is 0 Å². The van der Waals surface area contributed by atoms with Gasteiger partial charge in [0.2, 0.25) is 4.96 Å². The number of hydrogen-bond donors (Lipinski definition) is 0. The molecule has 0 bridgehead atoms. The smallest absolute Gasteiger partial charge is 0.296 e. The van der Waals surface area contributed by atoms with Gasteiger partial charge in [0, 0.05) is 30.5 Å². The lowest BCUT2D eigenvalue weighted by Gasteiger charge is -2.19. The molecule has 0 saturated heterocycles. The van der Waals surface area contributed by atoms with E-state index in [0.29, 0.717) is 35.9 Å². The van der Waals surface area contributed by atoms with Gasteiger partial charge < -0.3 is 9.64 Å². The summed E-state index contributed by atoms with van der Waals surface area (Å²) in [5, 5.41) is 6.57. The van der Waals surface area contributed by atoms with E-state index in [2.05, 4.69) is 10.1 Å². The molecule has 0 spiro atoms. The number of ether oxygens (including phenoxy) is 1. The molecule has 8 heteroatoms. The van der Waals surface area contributed by atoms with E-state index in [4.69, 9.17) is 4.74 Å². The molecule has 0 atom stereocenters. The van der Waals surface area contributed by atoms with Crippen LogP contribution in [0.5, 0.6) is 5.75 Å².